The largest absolute Gasteiger partial charge is 0.493 e. The van der Waals surface area contributed by atoms with E-state index in [9.17, 15) is 0 Å². The van der Waals surface area contributed by atoms with Crippen molar-refractivity contribution >= 4 is 11.3 Å². The van der Waals surface area contributed by atoms with Crippen molar-refractivity contribution in [3.8, 4) is 11.5 Å². The maximum absolute atomic E-state index is 5.53. The van der Waals surface area contributed by atoms with Gasteiger partial charge in [-0.2, -0.15) is 0 Å². The van der Waals surface area contributed by atoms with E-state index in [0.29, 0.717) is 0 Å². The van der Waals surface area contributed by atoms with Crippen molar-refractivity contribution in [1.29, 1.82) is 0 Å². The normalized spacial score (nSPS) is 12.1. The summed E-state index contributed by atoms with van der Waals surface area (Å²) in [6.07, 6.45) is 1.05. The summed E-state index contributed by atoms with van der Waals surface area (Å²) in [4.78, 5) is 1.25. The summed E-state index contributed by atoms with van der Waals surface area (Å²) in [5.74, 6) is 1.53. The van der Waals surface area contributed by atoms with E-state index in [4.69, 9.17) is 14.2 Å². The number of hydrogen-bond acceptors (Lipinski definition) is 5. The van der Waals surface area contributed by atoms with E-state index in [1.54, 1.807) is 32.7 Å². The van der Waals surface area contributed by atoms with Crippen LogP contribution in [0.3, 0.4) is 0 Å². The van der Waals surface area contributed by atoms with Crippen LogP contribution >= 0.6 is 11.3 Å². The molecule has 1 heterocycles. The third kappa shape index (κ3) is 4.47. The van der Waals surface area contributed by atoms with E-state index in [2.05, 4.69) is 28.9 Å². The molecule has 2 rings (SSSR count). The Hall–Kier alpha value is -1.56. The maximum atomic E-state index is 5.53. The van der Waals surface area contributed by atoms with Gasteiger partial charge in [0.1, 0.15) is 6.10 Å². The lowest BCUT2D eigenvalue weighted by Crippen LogP contribution is -2.24. The maximum Gasteiger partial charge on any atom is 0.160 e. The first-order valence-electron chi connectivity index (χ1n) is 7.26. The van der Waals surface area contributed by atoms with Gasteiger partial charge < -0.3 is 19.5 Å². The number of methoxy groups -OCH3 is 3. The number of ether oxygens (including phenoxy) is 3. The minimum atomic E-state index is 0.116. The number of nitrogens with one attached hydrogen (secondary N) is 1. The Labute approximate surface area is 136 Å². The predicted molar refractivity (Wildman–Crippen MR) is 90.2 cm³/mol. The van der Waals surface area contributed by atoms with E-state index >= 15 is 0 Å². The van der Waals surface area contributed by atoms with E-state index in [1.165, 1.54) is 10.4 Å². The average Bonchev–Trinajstić information content (AvgIpc) is 3.09. The van der Waals surface area contributed by atoms with Crippen molar-refractivity contribution in [2.75, 3.05) is 34.4 Å². The molecule has 0 aliphatic heterocycles. The highest BCUT2D eigenvalue weighted by molar-refractivity contribution is 7.10. The summed E-state index contributed by atoms with van der Waals surface area (Å²) in [7, 11) is 5.05. The molecular weight excluding hydrogens is 298 g/mol. The van der Waals surface area contributed by atoms with Gasteiger partial charge in [-0.25, -0.2) is 0 Å². The molecule has 5 heteroatoms. The Balaban J connectivity index is 1.81. The zero-order valence-corrected chi connectivity index (χ0v) is 14.1. The number of benzene rings is 1. The van der Waals surface area contributed by atoms with E-state index < -0.39 is 0 Å². The molecule has 2 aromatic rings. The minimum Gasteiger partial charge on any atom is -0.493 e. The highest BCUT2D eigenvalue weighted by Gasteiger charge is 2.10. The number of thiophene rings is 1. The first-order chi connectivity index (χ1) is 10.8. The molecule has 0 radical (unpaired) electrons. The Morgan fingerprint density at radius 2 is 1.91 bits per heavy atom. The Kier molecular flexibility index (Phi) is 6.71. The van der Waals surface area contributed by atoms with Gasteiger partial charge in [-0.15, -0.1) is 11.3 Å². The van der Waals surface area contributed by atoms with Crippen LogP contribution in [-0.2, 0) is 11.2 Å². The molecule has 1 aromatic carbocycles. The Bertz CT molecular complexity index is 557. The molecule has 4 nitrogen and oxygen atoms in total. The first-order valence-corrected chi connectivity index (χ1v) is 8.14. The molecule has 1 atom stereocenters. The highest BCUT2D eigenvalue weighted by Crippen LogP contribution is 2.27. The van der Waals surface area contributed by atoms with Gasteiger partial charge >= 0.3 is 0 Å². The van der Waals surface area contributed by atoms with Crippen molar-refractivity contribution in [2.24, 2.45) is 0 Å². The summed E-state index contributed by atoms with van der Waals surface area (Å²) in [5, 5.41) is 5.52. The second-order valence-corrected chi connectivity index (χ2v) is 5.86. The summed E-state index contributed by atoms with van der Waals surface area (Å²) in [6, 6.07) is 10.2. The van der Waals surface area contributed by atoms with Gasteiger partial charge in [-0.05, 0) is 42.1 Å². The molecule has 0 aliphatic carbocycles. The predicted octanol–water partition coefficient (Wildman–Crippen LogP) is 3.29. The smallest absolute Gasteiger partial charge is 0.160 e. The third-order valence-electron chi connectivity index (χ3n) is 3.51. The fraction of sp³-hybridized carbons (Fsp3) is 0.412. The zero-order chi connectivity index (χ0) is 15.8. The summed E-state index contributed by atoms with van der Waals surface area (Å²) in [6.45, 7) is 1.70. The van der Waals surface area contributed by atoms with Crippen molar-refractivity contribution in [2.45, 2.75) is 12.5 Å². The first kappa shape index (κ1) is 16.8. The summed E-state index contributed by atoms with van der Waals surface area (Å²) >= 11 is 1.72. The van der Waals surface area contributed by atoms with Crippen molar-refractivity contribution in [1.82, 2.24) is 5.32 Å². The van der Waals surface area contributed by atoms with Crippen molar-refractivity contribution in [3.05, 3.63) is 46.2 Å². The highest BCUT2D eigenvalue weighted by atomic mass is 32.1. The number of hydrogen-bond donors (Lipinski definition) is 1. The zero-order valence-electron chi connectivity index (χ0n) is 13.3. The van der Waals surface area contributed by atoms with Crippen molar-refractivity contribution < 1.29 is 14.2 Å². The molecule has 1 N–H and O–H groups in total. The molecule has 0 spiro atoms. The minimum absolute atomic E-state index is 0.116. The fourth-order valence-corrected chi connectivity index (χ4v) is 3.08. The van der Waals surface area contributed by atoms with Crippen LogP contribution in [0.5, 0.6) is 11.5 Å². The Morgan fingerprint density at radius 3 is 2.55 bits per heavy atom. The quantitative estimate of drug-likeness (QED) is 0.720. The molecule has 0 fully saturated rings. The summed E-state index contributed by atoms with van der Waals surface area (Å²) < 4.78 is 16.1. The molecule has 0 saturated carbocycles. The number of rotatable bonds is 9. The van der Waals surface area contributed by atoms with Gasteiger partial charge in [0, 0.05) is 18.5 Å². The van der Waals surface area contributed by atoms with Crippen molar-refractivity contribution in [3.63, 3.8) is 0 Å². The molecule has 120 valence electrons. The topological polar surface area (TPSA) is 39.7 Å². The van der Waals surface area contributed by atoms with Crippen LogP contribution in [0.2, 0.25) is 0 Å². The van der Waals surface area contributed by atoms with E-state index in [0.717, 1.165) is 31.0 Å². The van der Waals surface area contributed by atoms with Crippen LogP contribution in [0.4, 0.5) is 0 Å². The lowest BCUT2D eigenvalue weighted by Gasteiger charge is -2.15. The fourth-order valence-electron chi connectivity index (χ4n) is 2.28. The molecule has 0 bridgehead atoms. The van der Waals surface area contributed by atoms with Crippen LogP contribution in [0.25, 0.3) is 0 Å². The van der Waals surface area contributed by atoms with E-state index in [1.807, 2.05) is 12.1 Å². The van der Waals surface area contributed by atoms with Gasteiger partial charge in [0.25, 0.3) is 0 Å². The summed E-state index contributed by atoms with van der Waals surface area (Å²) in [5.41, 5.74) is 1.22. The third-order valence-corrected chi connectivity index (χ3v) is 4.48. The van der Waals surface area contributed by atoms with Crippen LogP contribution in [0, 0.1) is 0 Å². The molecule has 22 heavy (non-hydrogen) atoms. The monoisotopic (exact) mass is 321 g/mol. The molecule has 1 unspecified atom stereocenters. The lowest BCUT2D eigenvalue weighted by atomic mass is 10.1. The van der Waals surface area contributed by atoms with Crippen LogP contribution < -0.4 is 14.8 Å². The van der Waals surface area contributed by atoms with Gasteiger partial charge in [-0.1, -0.05) is 12.1 Å². The molecule has 1 aromatic heterocycles. The standard InChI is InChI=1S/C17H23NO3S/c1-19-14-7-6-13(11-15(14)20-2)8-9-18-12-16(21-3)17-5-4-10-22-17/h4-7,10-11,16,18H,8-9,12H2,1-3H3. The average molecular weight is 321 g/mol. The molecule has 0 amide bonds. The second-order valence-electron chi connectivity index (χ2n) is 4.88. The molecule has 0 aliphatic rings. The van der Waals surface area contributed by atoms with Crippen LogP contribution in [0.1, 0.15) is 16.5 Å². The SMILES string of the molecule is COc1ccc(CCNCC(OC)c2cccs2)cc1OC. The molecule has 0 saturated heterocycles. The van der Waals surface area contributed by atoms with Gasteiger partial charge in [-0.3, -0.25) is 0 Å². The van der Waals surface area contributed by atoms with E-state index in [-0.39, 0.29) is 6.10 Å². The Morgan fingerprint density at radius 1 is 1.09 bits per heavy atom. The van der Waals surface area contributed by atoms with Gasteiger partial charge in [0.2, 0.25) is 0 Å². The lowest BCUT2D eigenvalue weighted by molar-refractivity contribution is 0.105. The second kappa shape index (κ2) is 8.78. The van der Waals surface area contributed by atoms with Gasteiger partial charge in [0.15, 0.2) is 11.5 Å². The molecular formula is C17H23NO3S. The van der Waals surface area contributed by atoms with Crippen LogP contribution in [-0.4, -0.2) is 34.4 Å². The van der Waals surface area contributed by atoms with Crippen LogP contribution in [0.15, 0.2) is 35.7 Å². The van der Waals surface area contributed by atoms with Gasteiger partial charge in [0.05, 0.1) is 14.2 Å².